The van der Waals surface area contributed by atoms with Crippen molar-refractivity contribution in [2.45, 2.75) is 33.2 Å². The maximum atomic E-state index is 13.4. The lowest BCUT2D eigenvalue weighted by molar-refractivity contribution is 0.627. The van der Waals surface area contributed by atoms with Crippen molar-refractivity contribution in [3.05, 3.63) is 40.2 Å². The number of nitrogens with zero attached hydrogens (tertiary/aromatic N) is 1. The van der Waals surface area contributed by atoms with Crippen LogP contribution in [0.4, 0.5) is 4.39 Å². The van der Waals surface area contributed by atoms with E-state index in [1.165, 1.54) is 12.1 Å². The summed E-state index contributed by atoms with van der Waals surface area (Å²) in [6.07, 6.45) is 1.97. The summed E-state index contributed by atoms with van der Waals surface area (Å²) < 4.78 is 13.4. The van der Waals surface area contributed by atoms with Gasteiger partial charge in [-0.2, -0.15) is 0 Å². The molecule has 0 radical (unpaired) electrons. The summed E-state index contributed by atoms with van der Waals surface area (Å²) in [4.78, 5) is 5.70. The van der Waals surface area contributed by atoms with Crippen LogP contribution in [0.25, 0.3) is 10.6 Å². The third-order valence-electron chi connectivity index (χ3n) is 2.74. The van der Waals surface area contributed by atoms with Crippen LogP contribution in [-0.4, -0.2) is 4.98 Å². The fourth-order valence-corrected chi connectivity index (χ4v) is 2.93. The fourth-order valence-electron chi connectivity index (χ4n) is 1.96. The summed E-state index contributed by atoms with van der Waals surface area (Å²) >= 11 is 1.57. The first-order valence-corrected chi connectivity index (χ1v) is 6.92. The number of thiazole rings is 1. The van der Waals surface area contributed by atoms with Gasteiger partial charge in [-0.15, -0.1) is 11.3 Å². The Balaban J connectivity index is 2.43. The largest absolute Gasteiger partial charge is 0.326 e. The van der Waals surface area contributed by atoms with Gasteiger partial charge in [-0.3, -0.25) is 0 Å². The zero-order valence-corrected chi connectivity index (χ0v) is 11.5. The van der Waals surface area contributed by atoms with Crippen molar-refractivity contribution in [2.75, 3.05) is 0 Å². The summed E-state index contributed by atoms with van der Waals surface area (Å²) in [6.45, 7) is 4.50. The Hall–Kier alpha value is -1.26. The SMILES string of the molecule is CCCc1nc(-c2cc(C)cc(F)c2)sc1CN. The second-order valence-electron chi connectivity index (χ2n) is 4.36. The number of hydrogen-bond donors (Lipinski definition) is 1. The molecule has 0 spiro atoms. The molecule has 1 aromatic heterocycles. The highest BCUT2D eigenvalue weighted by Crippen LogP contribution is 2.29. The lowest BCUT2D eigenvalue weighted by atomic mass is 10.1. The summed E-state index contributed by atoms with van der Waals surface area (Å²) in [5.41, 5.74) is 8.54. The molecule has 2 nitrogen and oxygen atoms in total. The fraction of sp³-hybridized carbons (Fsp3) is 0.357. The number of hydrogen-bond acceptors (Lipinski definition) is 3. The summed E-state index contributed by atoms with van der Waals surface area (Å²) in [7, 11) is 0. The molecule has 96 valence electrons. The van der Waals surface area contributed by atoms with E-state index >= 15 is 0 Å². The Labute approximate surface area is 111 Å². The molecule has 0 amide bonds. The van der Waals surface area contributed by atoms with Gasteiger partial charge in [0, 0.05) is 17.0 Å². The second-order valence-corrected chi connectivity index (χ2v) is 5.44. The van der Waals surface area contributed by atoms with Crippen LogP contribution in [0.2, 0.25) is 0 Å². The highest BCUT2D eigenvalue weighted by molar-refractivity contribution is 7.15. The van der Waals surface area contributed by atoms with Crippen molar-refractivity contribution < 1.29 is 4.39 Å². The number of rotatable bonds is 4. The van der Waals surface area contributed by atoms with E-state index in [-0.39, 0.29) is 5.82 Å². The first-order valence-electron chi connectivity index (χ1n) is 6.10. The van der Waals surface area contributed by atoms with Gasteiger partial charge < -0.3 is 5.73 Å². The Morgan fingerprint density at radius 2 is 2.11 bits per heavy atom. The highest BCUT2D eigenvalue weighted by Gasteiger charge is 2.11. The van der Waals surface area contributed by atoms with Crippen molar-refractivity contribution in [1.29, 1.82) is 0 Å². The van der Waals surface area contributed by atoms with E-state index in [0.717, 1.165) is 39.5 Å². The molecule has 0 saturated carbocycles. The zero-order chi connectivity index (χ0) is 13.1. The minimum atomic E-state index is -0.216. The minimum absolute atomic E-state index is 0.216. The topological polar surface area (TPSA) is 38.9 Å². The Morgan fingerprint density at radius 1 is 1.33 bits per heavy atom. The number of aromatic nitrogens is 1. The molecule has 0 atom stereocenters. The number of nitrogens with two attached hydrogens (primary N) is 1. The van der Waals surface area contributed by atoms with Crippen LogP contribution in [0.5, 0.6) is 0 Å². The van der Waals surface area contributed by atoms with Crippen LogP contribution in [0, 0.1) is 12.7 Å². The van der Waals surface area contributed by atoms with Gasteiger partial charge in [0.25, 0.3) is 0 Å². The van der Waals surface area contributed by atoms with Gasteiger partial charge in [-0.05, 0) is 37.1 Å². The molecule has 0 unspecified atom stereocenters. The van der Waals surface area contributed by atoms with Crippen molar-refractivity contribution >= 4 is 11.3 Å². The van der Waals surface area contributed by atoms with Crippen LogP contribution in [0.15, 0.2) is 18.2 Å². The van der Waals surface area contributed by atoms with Crippen molar-refractivity contribution in [1.82, 2.24) is 4.98 Å². The van der Waals surface area contributed by atoms with Gasteiger partial charge in [-0.1, -0.05) is 13.3 Å². The molecule has 1 heterocycles. The van der Waals surface area contributed by atoms with Gasteiger partial charge >= 0.3 is 0 Å². The third-order valence-corrected chi connectivity index (χ3v) is 3.91. The van der Waals surface area contributed by atoms with Crippen molar-refractivity contribution in [3.8, 4) is 10.6 Å². The lowest BCUT2D eigenvalue weighted by Crippen LogP contribution is -1.97. The van der Waals surface area contributed by atoms with Gasteiger partial charge in [0.2, 0.25) is 0 Å². The molecule has 4 heteroatoms. The van der Waals surface area contributed by atoms with E-state index in [9.17, 15) is 4.39 Å². The molecule has 0 aliphatic heterocycles. The summed E-state index contributed by atoms with van der Waals surface area (Å²) in [6, 6.07) is 5.01. The molecule has 0 saturated heterocycles. The first kappa shape index (κ1) is 13.2. The Morgan fingerprint density at radius 3 is 2.72 bits per heavy atom. The standard InChI is InChI=1S/C14H17FN2S/c1-3-4-12-13(8-16)18-14(17-12)10-5-9(2)6-11(15)7-10/h5-7H,3-4,8,16H2,1-2H3. The molecule has 0 bridgehead atoms. The maximum absolute atomic E-state index is 13.4. The van der Waals surface area contributed by atoms with Gasteiger partial charge in [0.1, 0.15) is 10.8 Å². The Kier molecular flexibility index (Phi) is 4.09. The summed E-state index contributed by atoms with van der Waals surface area (Å²) in [5, 5.41) is 0.863. The molecule has 0 aliphatic rings. The lowest BCUT2D eigenvalue weighted by Gasteiger charge is -1.99. The highest BCUT2D eigenvalue weighted by atomic mass is 32.1. The molecule has 2 N–H and O–H groups in total. The van der Waals surface area contributed by atoms with Crippen LogP contribution in [0.1, 0.15) is 29.5 Å². The van der Waals surface area contributed by atoms with Crippen LogP contribution in [0.3, 0.4) is 0 Å². The quantitative estimate of drug-likeness (QED) is 0.915. The molecule has 2 aromatic rings. The number of aryl methyl sites for hydroxylation is 2. The monoisotopic (exact) mass is 264 g/mol. The van der Waals surface area contributed by atoms with Crippen LogP contribution in [-0.2, 0) is 13.0 Å². The average Bonchev–Trinajstić information content (AvgIpc) is 2.71. The van der Waals surface area contributed by atoms with Crippen LogP contribution >= 0.6 is 11.3 Å². The molecule has 0 aliphatic carbocycles. The third kappa shape index (κ3) is 2.76. The van der Waals surface area contributed by atoms with E-state index in [1.54, 1.807) is 11.3 Å². The molecular weight excluding hydrogens is 247 g/mol. The van der Waals surface area contributed by atoms with E-state index in [2.05, 4.69) is 11.9 Å². The van der Waals surface area contributed by atoms with Crippen molar-refractivity contribution in [3.63, 3.8) is 0 Å². The molecule has 2 rings (SSSR count). The van der Waals surface area contributed by atoms with E-state index in [1.807, 2.05) is 13.0 Å². The van der Waals surface area contributed by atoms with E-state index in [4.69, 9.17) is 5.73 Å². The van der Waals surface area contributed by atoms with Crippen LogP contribution < -0.4 is 5.73 Å². The second kappa shape index (κ2) is 5.59. The minimum Gasteiger partial charge on any atom is -0.326 e. The normalized spacial score (nSPS) is 10.9. The van der Waals surface area contributed by atoms with Crippen molar-refractivity contribution in [2.24, 2.45) is 5.73 Å². The number of halogens is 1. The van der Waals surface area contributed by atoms with E-state index < -0.39 is 0 Å². The smallest absolute Gasteiger partial charge is 0.124 e. The predicted molar refractivity (Wildman–Crippen MR) is 74.1 cm³/mol. The molecule has 18 heavy (non-hydrogen) atoms. The van der Waals surface area contributed by atoms with E-state index in [0.29, 0.717) is 6.54 Å². The zero-order valence-electron chi connectivity index (χ0n) is 10.7. The van der Waals surface area contributed by atoms with Gasteiger partial charge in [0.15, 0.2) is 0 Å². The molecular formula is C14H17FN2S. The first-order chi connectivity index (χ1) is 8.63. The molecule has 0 fully saturated rings. The van der Waals surface area contributed by atoms with Gasteiger partial charge in [0.05, 0.1) is 5.69 Å². The summed E-state index contributed by atoms with van der Waals surface area (Å²) in [5.74, 6) is -0.216. The maximum Gasteiger partial charge on any atom is 0.124 e. The average molecular weight is 264 g/mol. The molecule has 1 aromatic carbocycles. The predicted octanol–water partition coefficient (Wildman–Crippen LogP) is 3.67. The number of benzene rings is 1. The van der Waals surface area contributed by atoms with Gasteiger partial charge in [-0.25, -0.2) is 9.37 Å². The Bertz CT molecular complexity index is 528.